The highest BCUT2D eigenvalue weighted by Crippen LogP contribution is 2.49. The Kier molecular flexibility index (Phi) is 3.54. The third-order valence-corrected chi connectivity index (χ3v) is 4.30. The van der Waals surface area contributed by atoms with Gasteiger partial charge in [-0.2, -0.15) is 4.98 Å². The molecule has 1 aromatic carbocycles. The normalized spacial score (nSPS) is 19.5. The Labute approximate surface area is 134 Å². The van der Waals surface area contributed by atoms with Gasteiger partial charge in [0.1, 0.15) is 5.75 Å². The molecule has 0 unspecified atom stereocenters. The molecule has 0 aliphatic heterocycles. The van der Waals surface area contributed by atoms with Crippen molar-refractivity contribution in [1.82, 2.24) is 15.1 Å². The van der Waals surface area contributed by atoms with Crippen molar-refractivity contribution in [3.05, 3.63) is 60.2 Å². The highest BCUT2D eigenvalue weighted by Gasteiger charge is 2.39. The van der Waals surface area contributed by atoms with Crippen LogP contribution < -0.4 is 4.74 Å². The first-order valence-corrected chi connectivity index (χ1v) is 7.71. The maximum atomic E-state index is 5.42. The van der Waals surface area contributed by atoms with Crippen LogP contribution in [-0.4, -0.2) is 22.2 Å². The summed E-state index contributed by atoms with van der Waals surface area (Å²) in [7, 11) is 1.61. The Bertz CT molecular complexity index is 801. The Morgan fingerprint density at radius 2 is 2.09 bits per heavy atom. The van der Waals surface area contributed by atoms with Gasteiger partial charge < -0.3 is 9.26 Å². The summed E-state index contributed by atoms with van der Waals surface area (Å²) in [4.78, 5) is 8.55. The molecule has 2 heterocycles. The van der Waals surface area contributed by atoms with Crippen LogP contribution in [-0.2, 0) is 6.42 Å². The van der Waals surface area contributed by atoms with E-state index in [2.05, 4.69) is 39.4 Å². The predicted octanol–water partition coefficient (Wildman–Crippen LogP) is 3.49. The molecular formula is C18H17N3O2. The van der Waals surface area contributed by atoms with Crippen molar-refractivity contribution in [3.8, 4) is 17.1 Å². The number of methoxy groups -OCH3 is 1. The molecule has 3 aromatic rings. The molecule has 1 aliphatic carbocycles. The number of rotatable bonds is 5. The number of hydrogen-bond donors (Lipinski definition) is 0. The number of nitrogens with zero attached hydrogens (tertiary/aromatic N) is 3. The number of ether oxygens (including phenoxy) is 1. The summed E-state index contributed by atoms with van der Waals surface area (Å²) in [5, 5.41) is 4.08. The quantitative estimate of drug-likeness (QED) is 0.722. The van der Waals surface area contributed by atoms with Crippen LogP contribution in [0.2, 0.25) is 0 Å². The summed E-state index contributed by atoms with van der Waals surface area (Å²) >= 11 is 0. The van der Waals surface area contributed by atoms with Gasteiger partial charge in [-0.1, -0.05) is 35.5 Å². The minimum atomic E-state index is 0.552. The van der Waals surface area contributed by atoms with Crippen molar-refractivity contribution in [1.29, 1.82) is 0 Å². The van der Waals surface area contributed by atoms with Gasteiger partial charge in [-0.15, -0.1) is 0 Å². The number of hydrogen-bond acceptors (Lipinski definition) is 5. The second kappa shape index (κ2) is 5.83. The Hall–Kier alpha value is -2.69. The van der Waals surface area contributed by atoms with E-state index in [9.17, 15) is 0 Å². The van der Waals surface area contributed by atoms with Gasteiger partial charge >= 0.3 is 0 Å². The van der Waals surface area contributed by atoms with E-state index < -0.39 is 0 Å². The molecule has 2 atom stereocenters. The van der Waals surface area contributed by atoms with Crippen LogP contribution in [0.5, 0.6) is 5.75 Å². The third kappa shape index (κ3) is 2.82. The molecule has 1 saturated carbocycles. The van der Waals surface area contributed by atoms with E-state index in [4.69, 9.17) is 9.26 Å². The first-order chi connectivity index (χ1) is 11.3. The lowest BCUT2D eigenvalue weighted by Gasteiger charge is -2.02. The largest absolute Gasteiger partial charge is 0.494 e. The Balaban J connectivity index is 1.47. The monoisotopic (exact) mass is 307 g/mol. The van der Waals surface area contributed by atoms with E-state index in [0.29, 0.717) is 29.3 Å². The highest BCUT2D eigenvalue weighted by molar-refractivity contribution is 5.62. The smallest absolute Gasteiger partial charge is 0.227 e. The van der Waals surface area contributed by atoms with Crippen LogP contribution in [0.25, 0.3) is 11.4 Å². The van der Waals surface area contributed by atoms with Gasteiger partial charge in [-0.3, -0.25) is 4.98 Å². The molecule has 0 saturated heterocycles. The molecule has 23 heavy (non-hydrogen) atoms. The van der Waals surface area contributed by atoms with E-state index in [1.165, 1.54) is 12.0 Å². The predicted molar refractivity (Wildman–Crippen MR) is 85.1 cm³/mol. The second-order valence-electron chi connectivity index (χ2n) is 5.80. The molecule has 2 aromatic heterocycles. The minimum absolute atomic E-state index is 0.552. The van der Waals surface area contributed by atoms with Crippen LogP contribution in [0.1, 0.15) is 23.8 Å². The minimum Gasteiger partial charge on any atom is -0.494 e. The molecule has 4 rings (SSSR count). The van der Waals surface area contributed by atoms with E-state index in [0.717, 1.165) is 12.0 Å². The Morgan fingerprint density at radius 1 is 1.22 bits per heavy atom. The van der Waals surface area contributed by atoms with Gasteiger partial charge in [0.2, 0.25) is 11.7 Å². The molecule has 5 nitrogen and oxygen atoms in total. The summed E-state index contributed by atoms with van der Waals surface area (Å²) < 4.78 is 10.7. The SMILES string of the molecule is COc1cnccc1-c1noc(C[C@@H]2C[C@H]2c2ccccc2)n1. The van der Waals surface area contributed by atoms with Gasteiger partial charge in [0.15, 0.2) is 0 Å². The first-order valence-electron chi connectivity index (χ1n) is 7.71. The molecule has 1 fully saturated rings. The standard InChI is InChI=1S/C18H17N3O2/c1-22-16-11-19-8-7-14(16)18-20-17(23-21-18)10-13-9-15(13)12-5-3-2-4-6-12/h2-8,11,13,15H,9-10H2,1H3/t13-,15-/m0/s1. The summed E-state index contributed by atoms with van der Waals surface area (Å²) in [5.41, 5.74) is 2.20. The van der Waals surface area contributed by atoms with Gasteiger partial charge in [-0.25, -0.2) is 0 Å². The lowest BCUT2D eigenvalue weighted by atomic mass is 10.1. The van der Waals surface area contributed by atoms with E-state index in [1.807, 2.05) is 12.1 Å². The zero-order valence-electron chi connectivity index (χ0n) is 12.8. The van der Waals surface area contributed by atoms with Crippen LogP contribution >= 0.6 is 0 Å². The summed E-state index contributed by atoms with van der Waals surface area (Å²) in [6.45, 7) is 0. The fourth-order valence-electron chi connectivity index (χ4n) is 2.98. The molecule has 0 spiro atoms. The molecule has 0 N–H and O–H groups in total. The van der Waals surface area contributed by atoms with Crippen molar-refractivity contribution in [2.45, 2.75) is 18.8 Å². The zero-order chi connectivity index (χ0) is 15.6. The average molecular weight is 307 g/mol. The van der Waals surface area contributed by atoms with E-state index >= 15 is 0 Å². The lowest BCUT2D eigenvalue weighted by Crippen LogP contribution is -1.92. The average Bonchev–Trinajstić information content (AvgIpc) is 3.22. The summed E-state index contributed by atoms with van der Waals surface area (Å²) in [6.07, 6.45) is 5.35. The van der Waals surface area contributed by atoms with Crippen molar-refractivity contribution < 1.29 is 9.26 Å². The molecule has 0 bridgehead atoms. The van der Waals surface area contributed by atoms with Crippen LogP contribution in [0.3, 0.4) is 0 Å². The van der Waals surface area contributed by atoms with Crippen molar-refractivity contribution in [2.75, 3.05) is 7.11 Å². The molecule has 1 aliphatic rings. The van der Waals surface area contributed by atoms with Crippen molar-refractivity contribution >= 4 is 0 Å². The van der Waals surface area contributed by atoms with Crippen molar-refractivity contribution in [2.24, 2.45) is 5.92 Å². The van der Waals surface area contributed by atoms with Crippen LogP contribution in [0, 0.1) is 5.92 Å². The number of aromatic nitrogens is 3. The molecule has 0 amide bonds. The maximum Gasteiger partial charge on any atom is 0.227 e. The Morgan fingerprint density at radius 3 is 2.91 bits per heavy atom. The van der Waals surface area contributed by atoms with Gasteiger partial charge in [-0.05, 0) is 29.9 Å². The highest BCUT2D eigenvalue weighted by atomic mass is 16.5. The molecular weight excluding hydrogens is 290 g/mol. The first kappa shape index (κ1) is 13.9. The lowest BCUT2D eigenvalue weighted by molar-refractivity contribution is 0.372. The summed E-state index contributed by atoms with van der Waals surface area (Å²) in [5.74, 6) is 3.08. The maximum absolute atomic E-state index is 5.42. The van der Waals surface area contributed by atoms with Crippen LogP contribution in [0.15, 0.2) is 53.3 Å². The summed E-state index contributed by atoms with van der Waals surface area (Å²) in [6, 6.07) is 12.4. The van der Waals surface area contributed by atoms with Gasteiger partial charge in [0, 0.05) is 12.6 Å². The molecule has 116 valence electrons. The molecule has 0 radical (unpaired) electrons. The number of benzene rings is 1. The second-order valence-corrected chi connectivity index (χ2v) is 5.80. The van der Waals surface area contributed by atoms with E-state index in [-0.39, 0.29) is 0 Å². The number of pyridine rings is 1. The topological polar surface area (TPSA) is 61.0 Å². The van der Waals surface area contributed by atoms with Crippen molar-refractivity contribution in [3.63, 3.8) is 0 Å². The zero-order valence-corrected chi connectivity index (χ0v) is 12.8. The van der Waals surface area contributed by atoms with Gasteiger partial charge in [0.05, 0.1) is 18.9 Å². The van der Waals surface area contributed by atoms with Crippen LogP contribution in [0.4, 0.5) is 0 Å². The van der Waals surface area contributed by atoms with Gasteiger partial charge in [0.25, 0.3) is 0 Å². The van der Waals surface area contributed by atoms with E-state index in [1.54, 1.807) is 19.5 Å². The fraction of sp³-hybridized carbons (Fsp3) is 0.278. The molecule has 5 heteroatoms. The fourth-order valence-corrected chi connectivity index (χ4v) is 2.98. The third-order valence-electron chi connectivity index (χ3n) is 4.30.